The molecule has 0 spiro atoms. The first-order chi connectivity index (χ1) is 39.4. The third-order valence-electron chi connectivity index (χ3n) is 14.7. The van der Waals surface area contributed by atoms with Gasteiger partial charge in [0.05, 0.1) is 109 Å². The lowest BCUT2D eigenvalue weighted by molar-refractivity contribution is 1.16. The number of para-hydroxylation sites is 2. The van der Waals surface area contributed by atoms with Crippen LogP contribution in [0.15, 0.2) is 218 Å². The number of nitriles is 6. The van der Waals surface area contributed by atoms with Gasteiger partial charge in [-0.2, -0.15) is 31.6 Å². The summed E-state index contributed by atoms with van der Waals surface area (Å²) in [6, 6.07) is 84.5. The molecule has 0 aliphatic carbocycles. The van der Waals surface area contributed by atoms with Gasteiger partial charge in [-0.05, 0) is 114 Å². The van der Waals surface area contributed by atoms with Gasteiger partial charge in [-0.25, -0.2) is 9.97 Å². The van der Waals surface area contributed by atoms with Crippen LogP contribution in [0.25, 0.3) is 122 Å². The number of nitrogens with zero attached hydrogens (tertiary/aromatic N) is 10. The van der Waals surface area contributed by atoms with Gasteiger partial charge in [0.15, 0.2) is 5.82 Å². The molecule has 0 N–H and O–H groups in total. The van der Waals surface area contributed by atoms with Crippen LogP contribution >= 0.6 is 0 Å². The Bertz CT molecular complexity index is 4900. The summed E-state index contributed by atoms with van der Waals surface area (Å²) in [5.74, 6) is 0.546. The third-order valence-corrected chi connectivity index (χ3v) is 14.7. The van der Waals surface area contributed by atoms with E-state index in [1.165, 1.54) is 24.3 Å². The van der Waals surface area contributed by atoms with Crippen LogP contribution in [-0.4, -0.2) is 19.1 Å². The van der Waals surface area contributed by atoms with Crippen molar-refractivity contribution in [3.8, 4) is 115 Å². The van der Waals surface area contributed by atoms with E-state index < -0.39 is 0 Å². The zero-order chi connectivity index (χ0) is 54.4. The molecule has 10 heteroatoms. The van der Waals surface area contributed by atoms with Gasteiger partial charge in [-0.15, -0.1) is 0 Å². The standard InChI is InChI=1S/C70H36N10/c71-37-43-28-51(39-73)68(52(29-43)40-74)48-22-25-66-59(33-48)56-18-7-9-20-63(56)79(66)55-17-11-16-47(32-55)58-35-50(70-77-61(45-12-3-1-4-13-45)36-62(78-70)46-14-5-2-6-15-46)24-27-65(58)80-64-21-10-8-19-57(64)60-34-49(23-26-67(60)80)69-53(41-75)30-44(38-72)31-54(69)42-76/h1-36H. The van der Waals surface area contributed by atoms with E-state index >= 15 is 0 Å². The van der Waals surface area contributed by atoms with Crippen molar-refractivity contribution in [2.45, 2.75) is 0 Å². The number of fused-ring (bicyclic) bond motifs is 6. The summed E-state index contributed by atoms with van der Waals surface area (Å²) in [5, 5.41) is 64.4. The average Bonchev–Trinajstić information content (AvgIpc) is 4.09. The molecular weight excluding hydrogens is 981 g/mol. The maximum Gasteiger partial charge on any atom is 0.160 e. The van der Waals surface area contributed by atoms with Crippen LogP contribution < -0.4 is 0 Å². The minimum atomic E-state index is 0.241. The molecule has 0 fully saturated rings. The Morgan fingerprint density at radius 3 is 1.24 bits per heavy atom. The van der Waals surface area contributed by atoms with Crippen molar-refractivity contribution in [3.05, 3.63) is 252 Å². The Morgan fingerprint density at radius 2 is 0.738 bits per heavy atom. The molecule has 13 aromatic rings. The van der Waals surface area contributed by atoms with E-state index in [1.54, 1.807) is 0 Å². The van der Waals surface area contributed by atoms with Crippen molar-refractivity contribution < 1.29 is 0 Å². The molecule has 0 atom stereocenters. The Hall–Kier alpha value is -12.2. The van der Waals surface area contributed by atoms with Crippen LogP contribution in [0.1, 0.15) is 33.4 Å². The number of hydrogen-bond acceptors (Lipinski definition) is 8. The summed E-state index contributed by atoms with van der Waals surface area (Å²) >= 11 is 0. The van der Waals surface area contributed by atoms with Gasteiger partial charge in [0.2, 0.25) is 0 Å². The summed E-state index contributed by atoms with van der Waals surface area (Å²) in [5.41, 5.74) is 15.3. The highest BCUT2D eigenvalue weighted by Gasteiger charge is 2.23. The summed E-state index contributed by atoms with van der Waals surface area (Å²) in [6.45, 7) is 0. The van der Waals surface area contributed by atoms with Crippen molar-refractivity contribution in [1.82, 2.24) is 19.1 Å². The van der Waals surface area contributed by atoms with Crippen molar-refractivity contribution in [1.29, 1.82) is 31.6 Å². The molecule has 0 saturated heterocycles. The molecule has 13 rings (SSSR count). The van der Waals surface area contributed by atoms with Crippen LogP contribution in [0.5, 0.6) is 0 Å². The SMILES string of the molecule is N#Cc1cc(C#N)c(-c2ccc3c(c2)c2ccccc2n3-c2cccc(-c3cc(-c4nc(-c5ccccc5)cc(-c5ccccc5)n4)ccc3-n3c4ccccc4c4cc(-c5c(C#N)cc(C#N)cc5C#N)ccc43)c2)c(C#N)c1. The van der Waals surface area contributed by atoms with Gasteiger partial charge in [0, 0.05) is 60.6 Å². The highest BCUT2D eigenvalue weighted by atomic mass is 15.0. The molecular formula is C70H36N10. The van der Waals surface area contributed by atoms with Gasteiger partial charge in [0.1, 0.15) is 0 Å². The first-order valence-electron chi connectivity index (χ1n) is 25.5. The lowest BCUT2D eigenvalue weighted by Gasteiger charge is -2.18. The molecule has 0 amide bonds. The Labute approximate surface area is 458 Å². The molecule has 3 aromatic heterocycles. The lowest BCUT2D eigenvalue weighted by atomic mass is 9.92. The summed E-state index contributed by atoms with van der Waals surface area (Å²) in [6.07, 6.45) is 0. The predicted molar refractivity (Wildman–Crippen MR) is 312 cm³/mol. The second-order valence-electron chi connectivity index (χ2n) is 19.2. The highest BCUT2D eigenvalue weighted by Crippen LogP contribution is 2.43. The van der Waals surface area contributed by atoms with Crippen LogP contribution in [0.4, 0.5) is 0 Å². The normalized spacial score (nSPS) is 10.9. The quantitative estimate of drug-likeness (QED) is 0.144. The molecule has 0 bridgehead atoms. The van der Waals surface area contributed by atoms with Gasteiger partial charge in [-0.1, -0.05) is 121 Å². The van der Waals surface area contributed by atoms with Gasteiger partial charge in [0.25, 0.3) is 0 Å². The first kappa shape index (κ1) is 47.5. The van der Waals surface area contributed by atoms with Crippen LogP contribution in [0.3, 0.4) is 0 Å². The van der Waals surface area contributed by atoms with Crippen molar-refractivity contribution in [2.24, 2.45) is 0 Å². The largest absolute Gasteiger partial charge is 0.309 e. The van der Waals surface area contributed by atoms with Gasteiger partial charge in [-0.3, -0.25) is 0 Å². The molecule has 0 saturated carbocycles. The van der Waals surface area contributed by atoms with E-state index in [2.05, 4.69) is 112 Å². The molecule has 0 aliphatic rings. The Kier molecular flexibility index (Phi) is 11.6. The third kappa shape index (κ3) is 7.92. The summed E-state index contributed by atoms with van der Waals surface area (Å²) < 4.78 is 4.48. The zero-order valence-corrected chi connectivity index (χ0v) is 42.3. The second-order valence-corrected chi connectivity index (χ2v) is 19.2. The van der Waals surface area contributed by atoms with E-state index in [9.17, 15) is 31.6 Å². The molecule has 0 unspecified atom stereocenters. The molecule has 366 valence electrons. The van der Waals surface area contributed by atoms with E-state index in [0.717, 1.165) is 94.2 Å². The first-order valence-corrected chi connectivity index (χ1v) is 25.5. The smallest absolute Gasteiger partial charge is 0.160 e. The minimum Gasteiger partial charge on any atom is -0.309 e. The number of hydrogen-bond donors (Lipinski definition) is 0. The van der Waals surface area contributed by atoms with Gasteiger partial charge < -0.3 is 9.13 Å². The predicted octanol–water partition coefficient (Wildman–Crippen LogP) is 15.9. The lowest BCUT2D eigenvalue weighted by Crippen LogP contribution is -2.01. The number of aromatic nitrogens is 4. The number of benzene rings is 10. The number of rotatable bonds is 8. The fraction of sp³-hybridized carbons (Fsp3) is 0. The van der Waals surface area contributed by atoms with E-state index in [0.29, 0.717) is 28.1 Å². The van der Waals surface area contributed by atoms with E-state index in [-0.39, 0.29) is 33.4 Å². The second kappa shape index (κ2) is 19.5. The summed E-state index contributed by atoms with van der Waals surface area (Å²) in [7, 11) is 0. The fourth-order valence-corrected chi connectivity index (χ4v) is 11.2. The molecule has 10 nitrogen and oxygen atoms in total. The zero-order valence-electron chi connectivity index (χ0n) is 42.3. The van der Waals surface area contributed by atoms with Crippen molar-refractivity contribution in [3.63, 3.8) is 0 Å². The fourth-order valence-electron chi connectivity index (χ4n) is 11.2. The Balaban J connectivity index is 1.05. The topological polar surface area (TPSA) is 178 Å². The van der Waals surface area contributed by atoms with Gasteiger partial charge >= 0.3 is 0 Å². The minimum absolute atomic E-state index is 0.241. The van der Waals surface area contributed by atoms with E-state index in [4.69, 9.17) is 9.97 Å². The highest BCUT2D eigenvalue weighted by molar-refractivity contribution is 6.12. The van der Waals surface area contributed by atoms with Crippen LogP contribution in [-0.2, 0) is 0 Å². The maximum absolute atomic E-state index is 10.3. The molecule has 0 radical (unpaired) electrons. The van der Waals surface area contributed by atoms with E-state index in [1.807, 2.05) is 127 Å². The molecule has 10 aromatic carbocycles. The Morgan fingerprint density at radius 1 is 0.300 bits per heavy atom. The maximum atomic E-state index is 10.3. The summed E-state index contributed by atoms with van der Waals surface area (Å²) in [4.78, 5) is 10.5. The van der Waals surface area contributed by atoms with Crippen molar-refractivity contribution >= 4 is 43.6 Å². The average molecular weight is 1020 g/mol. The van der Waals surface area contributed by atoms with Crippen molar-refractivity contribution in [2.75, 3.05) is 0 Å². The molecule has 80 heavy (non-hydrogen) atoms. The molecule has 3 heterocycles. The van der Waals surface area contributed by atoms with Crippen LogP contribution in [0.2, 0.25) is 0 Å². The molecule has 0 aliphatic heterocycles. The van der Waals surface area contributed by atoms with Crippen LogP contribution in [0, 0.1) is 68.0 Å². The monoisotopic (exact) mass is 1020 g/mol.